The molecular weight excluding hydrogens is 629 g/mol. The first kappa shape index (κ1) is 27.6. The average molecular weight is 657 g/mol. The first-order valence-electron chi connectivity index (χ1n) is 16.9. The lowest BCUT2D eigenvalue weighted by atomic mass is 10.0. The van der Waals surface area contributed by atoms with Crippen molar-refractivity contribution in [3.8, 4) is 5.69 Å². The fourth-order valence-corrected chi connectivity index (χ4v) is 9.05. The third-order valence-electron chi connectivity index (χ3n) is 10.1. The average Bonchev–Trinajstić information content (AvgIpc) is 3.83. The van der Waals surface area contributed by atoms with E-state index in [1.807, 2.05) is 17.4 Å². The van der Waals surface area contributed by atoms with E-state index in [0.717, 1.165) is 50.2 Å². The highest BCUT2D eigenvalue weighted by Gasteiger charge is 2.22. The Morgan fingerprint density at radius 1 is 0.440 bits per heavy atom. The Kier molecular flexibility index (Phi) is 5.83. The van der Waals surface area contributed by atoms with Crippen LogP contribution < -0.4 is 4.90 Å². The molecule has 11 rings (SSSR count). The van der Waals surface area contributed by atoms with Crippen molar-refractivity contribution in [3.63, 3.8) is 0 Å². The van der Waals surface area contributed by atoms with Crippen LogP contribution in [0.25, 0.3) is 80.4 Å². The van der Waals surface area contributed by atoms with Gasteiger partial charge in [-0.3, -0.25) is 0 Å². The molecule has 0 aliphatic carbocycles. The summed E-state index contributed by atoms with van der Waals surface area (Å²) in [6.07, 6.45) is 0. The summed E-state index contributed by atoms with van der Waals surface area (Å²) >= 11 is 1.86. The van der Waals surface area contributed by atoms with Gasteiger partial charge in [0.05, 0.1) is 22.1 Å². The van der Waals surface area contributed by atoms with Gasteiger partial charge in [-0.05, 0) is 89.6 Å². The predicted molar refractivity (Wildman–Crippen MR) is 213 cm³/mol. The Bertz CT molecular complexity index is 3110. The number of hydrogen-bond acceptors (Lipinski definition) is 3. The van der Waals surface area contributed by atoms with Gasteiger partial charge in [0.1, 0.15) is 11.2 Å². The van der Waals surface area contributed by atoms with Crippen molar-refractivity contribution in [2.75, 3.05) is 4.90 Å². The van der Waals surface area contributed by atoms with Gasteiger partial charge in [0.25, 0.3) is 0 Å². The van der Waals surface area contributed by atoms with E-state index in [4.69, 9.17) is 4.42 Å². The Morgan fingerprint density at radius 3 is 2.08 bits per heavy atom. The number of aromatic nitrogens is 1. The maximum Gasteiger partial charge on any atom is 0.137 e. The number of rotatable bonds is 4. The van der Waals surface area contributed by atoms with Gasteiger partial charge < -0.3 is 13.9 Å². The third-order valence-corrected chi connectivity index (χ3v) is 11.3. The highest BCUT2D eigenvalue weighted by atomic mass is 32.1. The molecule has 3 aromatic heterocycles. The Hall–Kier alpha value is -6.36. The summed E-state index contributed by atoms with van der Waals surface area (Å²) in [5.74, 6) is 0. The number of para-hydroxylation sites is 3. The maximum atomic E-state index is 6.42. The molecule has 0 aliphatic heterocycles. The second-order valence-electron chi connectivity index (χ2n) is 13.0. The van der Waals surface area contributed by atoms with E-state index in [1.165, 1.54) is 47.2 Å². The first-order valence-corrected chi connectivity index (χ1v) is 17.7. The Morgan fingerprint density at radius 2 is 1.16 bits per heavy atom. The van der Waals surface area contributed by atoms with E-state index in [-0.39, 0.29) is 0 Å². The van der Waals surface area contributed by atoms with Crippen molar-refractivity contribution in [1.82, 2.24) is 4.57 Å². The molecular formula is C46H28N2OS. The minimum atomic E-state index is 0.876. The maximum absolute atomic E-state index is 6.42. The van der Waals surface area contributed by atoms with Gasteiger partial charge in [0.2, 0.25) is 0 Å². The molecule has 3 nitrogen and oxygen atoms in total. The number of anilines is 3. The molecule has 50 heavy (non-hydrogen) atoms. The third kappa shape index (κ3) is 4.03. The zero-order valence-corrected chi connectivity index (χ0v) is 27.7. The Balaban J connectivity index is 1.21. The summed E-state index contributed by atoms with van der Waals surface area (Å²) in [4.78, 5) is 2.41. The fraction of sp³-hybridized carbons (Fsp3) is 0. The molecule has 8 aromatic carbocycles. The highest BCUT2D eigenvalue weighted by molar-refractivity contribution is 7.25. The molecule has 3 heterocycles. The minimum absolute atomic E-state index is 0.876. The molecule has 0 fully saturated rings. The number of hydrogen-bond donors (Lipinski definition) is 0. The van der Waals surface area contributed by atoms with Gasteiger partial charge in [-0.15, -0.1) is 11.3 Å². The van der Waals surface area contributed by atoms with Crippen LogP contribution in [-0.4, -0.2) is 4.57 Å². The zero-order valence-electron chi connectivity index (χ0n) is 26.9. The van der Waals surface area contributed by atoms with Crippen LogP contribution >= 0.6 is 11.3 Å². The van der Waals surface area contributed by atoms with E-state index in [9.17, 15) is 0 Å². The molecule has 0 atom stereocenters. The lowest BCUT2D eigenvalue weighted by Crippen LogP contribution is -2.10. The molecule has 0 spiro atoms. The molecule has 0 aliphatic rings. The predicted octanol–water partition coefficient (Wildman–Crippen LogP) is 13.7. The fourth-order valence-electron chi connectivity index (χ4n) is 7.92. The molecule has 0 bridgehead atoms. The van der Waals surface area contributed by atoms with E-state index in [2.05, 4.69) is 173 Å². The van der Waals surface area contributed by atoms with Gasteiger partial charge in [0, 0.05) is 53.4 Å². The van der Waals surface area contributed by atoms with Crippen LogP contribution in [0.5, 0.6) is 0 Å². The molecule has 0 radical (unpaired) electrons. The van der Waals surface area contributed by atoms with Crippen LogP contribution in [0.1, 0.15) is 0 Å². The molecule has 0 N–H and O–H groups in total. The first-order chi connectivity index (χ1) is 24.8. The monoisotopic (exact) mass is 656 g/mol. The zero-order chi connectivity index (χ0) is 32.8. The van der Waals surface area contributed by atoms with Crippen molar-refractivity contribution in [1.29, 1.82) is 0 Å². The summed E-state index contributed by atoms with van der Waals surface area (Å²) in [6, 6.07) is 61.3. The summed E-state index contributed by atoms with van der Waals surface area (Å²) < 4.78 is 11.4. The number of benzene rings is 8. The lowest BCUT2D eigenvalue weighted by molar-refractivity contribution is 0.669. The second kappa shape index (κ2) is 10.6. The van der Waals surface area contributed by atoms with Crippen molar-refractivity contribution in [2.24, 2.45) is 0 Å². The second-order valence-corrected chi connectivity index (χ2v) is 14.0. The summed E-state index contributed by atoms with van der Waals surface area (Å²) in [7, 11) is 0. The summed E-state index contributed by atoms with van der Waals surface area (Å²) in [5, 5.41) is 9.77. The van der Waals surface area contributed by atoms with Crippen LogP contribution in [0.3, 0.4) is 0 Å². The largest absolute Gasteiger partial charge is 0.456 e. The molecule has 11 aromatic rings. The van der Waals surface area contributed by atoms with Crippen LogP contribution in [-0.2, 0) is 0 Å². The molecule has 0 saturated carbocycles. The van der Waals surface area contributed by atoms with E-state index >= 15 is 0 Å². The van der Waals surface area contributed by atoms with Crippen LogP contribution in [0, 0.1) is 0 Å². The van der Waals surface area contributed by atoms with Crippen molar-refractivity contribution < 1.29 is 4.42 Å². The number of nitrogens with zero attached hydrogens (tertiary/aromatic N) is 2. The topological polar surface area (TPSA) is 21.3 Å². The Labute approximate surface area is 291 Å². The molecule has 0 unspecified atom stereocenters. The number of fused-ring (bicyclic) bond motifs is 10. The van der Waals surface area contributed by atoms with Crippen molar-refractivity contribution in [2.45, 2.75) is 0 Å². The van der Waals surface area contributed by atoms with Gasteiger partial charge in [-0.2, -0.15) is 0 Å². The van der Waals surface area contributed by atoms with Gasteiger partial charge in [-0.25, -0.2) is 0 Å². The van der Waals surface area contributed by atoms with Gasteiger partial charge in [0.15, 0.2) is 0 Å². The summed E-state index contributed by atoms with van der Waals surface area (Å²) in [6.45, 7) is 0. The van der Waals surface area contributed by atoms with Crippen LogP contribution in [0.4, 0.5) is 17.1 Å². The molecule has 234 valence electrons. The standard InChI is InChI=1S/C46H28N2OS/c1-2-11-31(12-3-1)48-39-16-7-4-13-34(39)35-24-23-33(28-41(35)48)47(40-17-10-19-43-46(40)37-15-5-8-18-42(37)49-43)32-22-21-29-26-38-36-14-6-9-20-44(36)50-45(38)27-30(29)25-32/h1-28H. The number of furan rings is 1. The SMILES string of the molecule is c1ccc(-n2c3ccccc3c3ccc(N(c4ccc5cc6c(cc5c4)sc4ccccc46)c4cccc5oc6ccccc6c45)cc32)cc1. The quantitative estimate of drug-likeness (QED) is 0.188. The molecule has 0 amide bonds. The van der Waals surface area contributed by atoms with Crippen molar-refractivity contribution in [3.05, 3.63) is 170 Å². The summed E-state index contributed by atoms with van der Waals surface area (Å²) in [5.41, 5.74) is 8.52. The molecule has 4 heteroatoms. The number of thiophene rings is 1. The van der Waals surface area contributed by atoms with Gasteiger partial charge >= 0.3 is 0 Å². The van der Waals surface area contributed by atoms with E-state index in [0.29, 0.717) is 0 Å². The van der Waals surface area contributed by atoms with E-state index < -0.39 is 0 Å². The van der Waals surface area contributed by atoms with Crippen LogP contribution in [0.15, 0.2) is 174 Å². The van der Waals surface area contributed by atoms with E-state index in [1.54, 1.807) is 0 Å². The van der Waals surface area contributed by atoms with Gasteiger partial charge in [-0.1, -0.05) is 91.0 Å². The lowest BCUT2D eigenvalue weighted by Gasteiger charge is -2.27. The normalized spacial score (nSPS) is 12.0. The van der Waals surface area contributed by atoms with Crippen LogP contribution in [0.2, 0.25) is 0 Å². The smallest absolute Gasteiger partial charge is 0.137 e. The minimum Gasteiger partial charge on any atom is -0.456 e. The van der Waals surface area contributed by atoms with Crippen molar-refractivity contribution >= 4 is 103 Å². The highest BCUT2D eigenvalue weighted by Crippen LogP contribution is 2.46. The molecule has 0 saturated heterocycles.